The molecule has 0 unspecified atom stereocenters. The standard InChI is InChI=1S/C18H26N4O3/c1-13(23)22-11-4-6-14-7-8-15(12-16(14)22)20-18(25)17(24)19-9-5-10-21(2)3/h7-8,12H,4-6,9-11H2,1-3H3,(H,19,24)(H,20,25). The maximum atomic E-state index is 12.0. The van der Waals surface area contributed by atoms with Crippen LogP contribution in [0.15, 0.2) is 18.2 Å². The number of rotatable bonds is 5. The number of benzene rings is 1. The second-order valence-corrected chi connectivity index (χ2v) is 6.48. The summed E-state index contributed by atoms with van der Waals surface area (Å²) in [7, 11) is 3.91. The fourth-order valence-corrected chi connectivity index (χ4v) is 2.84. The Morgan fingerprint density at radius 3 is 2.64 bits per heavy atom. The number of nitrogens with zero attached hydrogens (tertiary/aromatic N) is 2. The molecule has 2 N–H and O–H groups in total. The number of fused-ring (bicyclic) bond motifs is 1. The van der Waals surface area contributed by atoms with Gasteiger partial charge in [-0.15, -0.1) is 0 Å². The third kappa shape index (κ3) is 5.29. The minimum Gasteiger partial charge on any atom is -0.348 e. The predicted molar refractivity (Wildman–Crippen MR) is 97.6 cm³/mol. The summed E-state index contributed by atoms with van der Waals surface area (Å²) < 4.78 is 0. The number of anilines is 2. The van der Waals surface area contributed by atoms with Crippen molar-refractivity contribution in [1.29, 1.82) is 0 Å². The normalized spacial score (nSPS) is 13.4. The molecule has 0 aliphatic carbocycles. The fourth-order valence-electron chi connectivity index (χ4n) is 2.84. The van der Waals surface area contributed by atoms with Crippen LogP contribution in [0.2, 0.25) is 0 Å². The Balaban J connectivity index is 1.96. The van der Waals surface area contributed by atoms with E-state index in [1.165, 1.54) is 6.92 Å². The van der Waals surface area contributed by atoms with Crippen LogP contribution in [0.3, 0.4) is 0 Å². The first-order valence-electron chi connectivity index (χ1n) is 8.53. The maximum absolute atomic E-state index is 12.0. The molecule has 0 saturated heterocycles. The Kier molecular flexibility index (Phi) is 6.52. The summed E-state index contributed by atoms with van der Waals surface area (Å²) in [5.74, 6) is -1.38. The third-order valence-electron chi connectivity index (χ3n) is 4.12. The summed E-state index contributed by atoms with van der Waals surface area (Å²) in [4.78, 5) is 39.3. The van der Waals surface area contributed by atoms with Crippen LogP contribution in [-0.2, 0) is 20.8 Å². The van der Waals surface area contributed by atoms with Gasteiger partial charge in [-0.05, 0) is 57.6 Å². The number of hydrogen-bond acceptors (Lipinski definition) is 4. The molecule has 0 saturated carbocycles. The average Bonchev–Trinajstić information content (AvgIpc) is 2.57. The van der Waals surface area contributed by atoms with Crippen molar-refractivity contribution in [2.75, 3.05) is 43.9 Å². The summed E-state index contributed by atoms with van der Waals surface area (Å²) >= 11 is 0. The third-order valence-corrected chi connectivity index (χ3v) is 4.12. The molecule has 0 bridgehead atoms. The molecule has 1 aliphatic heterocycles. The van der Waals surface area contributed by atoms with Gasteiger partial charge in [0.2, 0.25) is 5.91 Å². The molecule has 7 heteroatoms. The van der Waals surface area contributed by atoms with Gasteiger partial charge in [0.15, 0.2) is 0 Å². The first kappa shape index (κ1) is 18.9. The van der Waals surface area contributed by atoms with Gasteiger partial charge in [-0.2, -0.15) is 0 Å². The van der Waals surface area contributed by atoms with E-state index < -0.39 is 11.8 Å². The van der Waals surface area contributed by atoms with E-state index in [9.17, 15) is 14.4 Å². The van der Waals surface area contributed by atoms with Crippen molar-refractivity contribution in [3.8, 4) is 0 Å². The molecule has 0 aromatic heterocycles. The molecule has 0 radical (unpaired) electrons. The highest BCUT2D eigenvalue weighted by atomic mass is 16.2. The van der Waals surface area contributed by atoms with Gasteiger partial charge in [-0.25, -0.2) is 0 Å². The van der Waals surface area contributed by atoms with E-state index in [-0.39, 0.29) is 5.91 Å². The van der Waals surface area contributed by atoms with Gasteiger partial charge in [-0.3, -0.25) is 14.4 Å². The average molecular weight is 346 g/mol. The molecule has 3 amide bonds. The first-order valence-corrected chi connectivity index (χ1v) is 8.53. The zero-order valence-electron chi connectivity index (χ0n) is 15.1. The number of nitrogens with one attached hydrogen (secondary N) is 2. The zero-order chi connectivity index (χ0) is 18.4. The van der Waals surface area contributed by atoms with Crippen molar-refractivity contribution < 1.29 is 14.4 Å². The van der Waals surface area contributed by atoms with Crippen LogP contribution in [0.5, 0.6) is 0 Å². The summed E-state index contributed by atoms with van der Waals surface area (Å²) in [5.41, 5.74) is 2.40. The highest BCUT2D eigenvalue weighted by Crippen LogP contribution is 2.30. The SMILES string of the molecule is CC(=O)N1CCCc2ccc(NC(=O)C(=O)NCCCN(C)C)cc21. The van der Waals surface area contributed by atoms with Crippen LogP contribution in [0.25, 0.3) is 0 Å². The van der Waals surface area contributed by atoms with E-state index in [1.807, 2.05) is 25.1 Å². The Morgan fingerprint density at radius 2 is 1.96 bits per heavy atom. The van der Waals surface area contributed by atoms with Gasteiger partial charge in [-0.1, -0.05) is 6.07 Å². The van der Waals surface area contributed by atoms with Crippen LogP contribution >= 0.6 is 0 Å². The Hall–Kier alpha value is -2.41. The summed E-state index contributed by atoms with van der Waals surface area (Å²) in [6, 6.07) is 5.42. The summed E-state index contributed by atoms with van der Waals surface area (Å²) in [6.45, 7) is 3.49. The second-order valence-electron chi connectivity index (χ2n) is 6.48. The number of carbonyl (C=O) groups excluding carboxylic acids is 3. The topological polar surface area (TPSA) is 81.8 Å². The quantitative estimate of drug-likeness (QED) is 0.615. The van der Waals surface area contributed by atoms with Crippen molar-refractivity contribution in [1.82, 2.24) is 10.2 Å². The molecule has 1 heterocycles. The predicted octanol–water partition coefficient (Wildman–Crippen LogP) is 0.992. The van der Waals surface area contributed by atoms with Gasteiger partial charge in [0.25, 0.3) is 0 Å². The molecule has 0 spiro atoms. The largest absolute Gasteiger partial charge is 0.348 e. The number of carbonyl (C=O) groups is 3. The lowest BCUT2D eigenvalue weighted by Gasteiger charge is -2.29. The molecular formula is C18H26N4O3. The van der Waals surface area contributed by atoms with Gasteiger partial charge in [0.1, 0.15) is 0 Å². The molecule has 1 aromatic rings. The summed E-state index contributed by atoms with van der Waals surface area (Å²) in [5, 5.41) is 5.21. The first-order chi connectivity index (χ1) is 11.9. The van der Waals surface area contributed by atoms with Gasteiger partial charge >= 0.3 is 11.8 Å². The van der Waals surface area contributed by atoms with Crippen molar-refractivity contribution in [3.05, 3.63) is 23.8 Å². The molecule has 1 aromatic carbocycles. The number of aryl methyl sites for hydroxylation is 1. The highest BCUT2D eigenvalue weighted by molar-refractivity contribution is 6.39. The minimum atomic E-state index is -0.699. The maximum Gasteiger partial charge on any atom is 0.313 e. The van der Waals surface area contributed by atoms with E-state index in [4.69, 9.17) is 0 Å². The molecule has 1 aliphatic rings. The Bertz CT molecular complexity index is 658. The van der Waals surface area contributed by atoms with Gasteiger partial charge in [0, 0.05) is 31.4 Å². The van der Waals surface area contributed by atoms with Gasteiger partial charge < -0.3 is 20.4 Å². The van der Waals surface area contributed by atoms with Crippen molar-refractivity contribution in [2.24, 2.45) is 0 Å². The lowest BCUT2D eigenvalue weighted by Crippen LogP contribution is -2.37. The smallest absolute Gasteiger partial charge is 0.313 e. The number of amides is 3. The molecular weight excluding hydrogens is 320 g/mol. The van der Waals surface area contributed by atoms with Crippen molar-refractivity contribution in [2.45, 2.75) is 26.2 Å². The van der Waals surface area contributed by atoms with Crippen molar-refractivity contribution in [3.63, 3.8) is 0 Å². The molecule has 2 rings (SSSR count). The fraction of sp³-hybridized carbons (Fsp3) is 0.500. The molecule has 0 atom stereocenters. The van der Waals surface area contributed by atoms with Crippen LogP contribution in [-0.4, -0.2) is 56.4 Å². The van der Waals surface area contributed by atoms with Crippen LogP contribution in [0, 0.1) is 0 Å². The number of hydrogen-bond donors (Lipinski definition) is 2. The van der Waals surface area contributed by atoms with E-state index in [0.29, 0.717) is 18.8 Å². The Morgan fingerprint density at radius 1 is 1.20 bits per heavy atom. The molecule has 25 heavy (non-hydrogen) atoms. The van der Waals surface area contributed by atoms with Crippen LogP contribution in [0.1, 0.15) is 25.3 Å². The van der Waals surface area contributed by atoms with E-state index >= 15 is 0 Å². The van der Waals surface area contributed by atoms with Crippen LogP contribution < -0.4 is 15.5 Å². The van der Waals surface area contributed by atoms with E-state index in [1.54, 1.807) is 17.0 Å². The van der Waals surface area contributed by atoms with Crippen molar-refractivity contribution >= 4 is 29.1 Å². The monoisotopic (exact) mass is 346 g/mol. The van der Waals surface area contributed by atoms with E-state index in [2.05, 4.69) is 10.6 Å². The highest BCUT2D eigenvalue weighted by Gasteiger charge is 2.21. The minimum absolute atomic E-state index is 0.0249. The second kappa shape index (κ2) is 8.62. The lowest BCUT2D eigenvalue weighted by molar-refractivity contribution is -0.136. The molecule has 7 nitrogen and oxygen atoms in total. The molecule has 136 valence electrons. The molecule has 0 fully saturated rings. The summed E-state index contributed by atoms with van der Waals surface area (Å²) in [6.07, 6.45) is 2.60. The van der Waals surface area contributed by atoms with E-state index in [0.717, 1.165) is 37.1 Å². The lowest BCUT2D eigenvalue weighted by atomic mass is 10.0. The van der Waals surface area contributed by atoms with Crippen LogP contribution in [0.4, 0.5) is 11.4 Å². The van der Waals surface area contributed by atoms with Gasteiger partial charge in [0.05, 0.1) is 0 Å². The zero-order valence-corrected chi connectivity index (χ0v) is 15.1. The Labute approximate surface area is 148 Å².